The van der Waals surface area contributed by atoms with Crippen LogP contribution in [0.1, 0.15) is 20.3 Å². The first-order valence-electron chi connectivity index (χ1n) is 6.53. The van der Waals surface area contributed by atoms with E-state index in [1.807, 2.05) is 14.1 Å². The summed E-state index contributed by atoms with van der Waals surface area (Å²) in [6.45, 7) is 6.21. The summed E-state index contributed by atoms with van der Waals surface area (Å²) in [5, 5.41) is 3.18. The Bertz CT molecular complexity index is 392. The minimum absolute atomic E-state index is 0.237. The molecular formula is C12H25N7. The molecule has 0 amide bonds. The highest BCUT2D eigenvalue weighted by atomic mass is 15.3. The van der Waals surface area contributed by atoms with Crippen molar-refractivity contribution in [1.29, 1.82) is 0 Å². The molecule has 0 aliphatic heterocycles. The third-order valence-corrected chi connectivity index (χ3v) is 2.89. The van der Waals surface area contributed by atoms with E-state index in [9.17, 15) is 0 Å². The topological polar surface area (TPSA) is 83.2 Å². The molecule has 1 heterocycles. The molecule has 0 saturated heterocycles. The Kier molecular flexibility index (Phi) is 5.75. The molecule has 108 valence electrons. The lowest BCUT2D eigenvalue weighted by Crippen LogP contribution is -2.28. The maximum Gasteiger partial charge on any atom is 0.231 e. The maximum atomic E-state index is 5.65. The first-order chi connectivity index (χ1) is 8.90. The van der Waals surface area contributed by atoms with E-state index < -0.39 is 0 Å². The number of nitrogens with two attached hydrogens (primary N) is 1. The lowest BCUT2D eigenvalue weighted by atomic mass is 10.3. The molecule has 0 atom stereocenters. The van der Waals surface area contributed by atoms with E-state index in [1.165, 1.54) is 0 Å². The van der Waals surface area contributed by atoms with Crippen molar-refractivity contribution in [3.63, 3.8) is 0 Å². The summed E-state index contributed by atoms with van der Waals surface area (Å²) < 4.78 is 0. The van der Waals surface area contributed by atoms with E-state index in [0.29, 0.717) is 17.9 Å². The zero-order valence-corrected chi connectivity index (χ0v) is 12.5. The molecule has 0 radical (unpaired) electrons. The van der Waals surface area contributed by atoms with Gasteiger partial charge in [-0.05, 0) is 33.9 Å². The van der Waals surface area contributed by atoms with E-state index in [-0.39, 0.29) is 5.95 Å². The van der Waals surface area contributed by atoms with Crippen molar-refractivity contribution in [2.45, 2.75) is 26.3 Å². The van der Waals surface area contributed by atoms with E-state index in [0.717, 1.165) is 19.5 Å². The van der Waals surface area contributed by atoms with Gasteiger partial charge in [-0.1, -0.05) is 0 Å². The Labute approximate surface area is 115 Å². The number of hydrogen-bond donors (Lipinski definition) is 2. The van der Waals surface area contributed by atoms with Crippen LogP contribution < -0.4 is 16.0 Å². The summed E-state index contributed by atoms with van der Waals surface area (Å²) in [6.07, 6.45) is 1.03. The number of anilines is 3. The van der Waals surface area contributed by atoms with Gasteiger partial charge in [-0.15, -0.1) is 0 Å². The standard InChI is InChI=1S/C12H25N7/c1-9(2)19(5)8-6-7-14-11-15-10(13)16-12(17-11)18(3)4/h9H,6-8H2,1-5H3,(H3,13,14,15,16,17). The Morgan fingerprint density at radius 2 is 1.84 bits per heavy atom. The van der Waals surface area contributed by atoms with E-state index in [4.69, 9.17) is 5.73 Å². The van der Waals surface area contributed by atoms with Gasteiger partial charge in [0.25, 0.3) is 0 Å². The number of hydrogen-bond acceptors (Lipinski definition) is 7. The fourth-order valence-corrected chi connectivity index (χ4v) is 1.45. The summed E-state index contributed by atoms with van der Waals surface area (Å²) >= 11 is 0. The molecule has 0 bridgehead atoms. The van der Waals surface area contributed by atoms with Gasteiger partial charge < -0.3 is 20.9 Å². The van der Waals surface area contributed by atoms with Crippen molar-refractivity contribution in [3.8, 4) is 0 Å². The molecule has 7 heteroatoms. The first-order valence-corrected chi connectivity index (χ1v) is 6.53. The van der Waals surface area contributed by atoms with Gasteiger partial charge in [-0.3, -0.25) is 0 Å². The first kappa shape index (κ1) is 15.4. The summed E-state index contributed by atoms with van der Waals surface area (Å²) in [4.78, 5) is 16.5. The zero-order chi connectivity index (χ0) is 14.4. The van der Waals surface area contributed by atoms with Crippen LogP contribution >= 0.6 is 0 Å². The molecule has 7 nitrogen and oxygen atoms in total. The number of rotatable bonds is 7. The van der Waals surface area contributed by atoms with E-state index in [2.05, 4.69) is 46.1 Å². The van der Waals surface area contributed by atoms with Gasteiger partial charge in [0.2, 0.25) is 17.8 Å². The number of nitrogens with zero attached hydrogens (tertiary/aromatic N) is 5. The van der Waals surface area contributed by atoms with Gasteiger partial charge >= 0.3 is 0 Å². The monoisotopic (exact) mass is 267 g/mol. The molecule has 0 aliphatic carbocycles. The Morgan fingerprint density at radius 3 is 2.42 bits per heavy atom. The van der Waals surface area contributed by atoms with Gasteiger partial charge in [-0.2, -0.15) is 15.0 Å². The van der Waals surface area contributed by atoms with Gasteiger partial charge in [0.05, 0.1) is 0 Å². The third kappa shape index (κ3) is 5.25. The number of nitrogen functional groups attached to an aromatic ring is 1. The fourth-order valence-electron chi connectivity index (χ4n) is 1.45. The van der Waals surface area contributed by atoms with Crippen LogP contribution in [-0.2, 0) is 0 Å². The van der Waals surface area contributed by atoms with Gasteiger partial charge in [0.15, 0.2) is 0 Å². The highest BCUT2D eigenvalue weighted by molar-refractivity contribution is 5.40. The number of nitrogens with one attached hydrogen (secondary N) is 1. The molecule has 0 saturated carbocycles. The van der Waals surface area contributed by atoms with Crippen LogP contribution in [0.2, 0.25) is 0 Å². The largest absolute Gasteiger partial charge is 0.368 e. The van der Waals surface area contributed by atoms with Crippen LogP contribution in [-0.4, -0.2) is 60.1 Å². The molecule has 19 heavy (non-hydrogen) atoms. The molecule has 1 rings (SSSR count). The summed E-state index contributed by atoms with van der Waals surface area (Å²) in [5.74, 6) is 1.33. The third-order valence-electron chi connectivity index (χ3n) is 2.89. The van der Waals surface area contributed by atoms with E-state index >= 15 is 0 Å². The average Bonchev–Trinajstić information content (AvgIpc) is 2.33. The number of aromatic nitrogens is 3. The van der Waals surface area contributed by atoms with Crippen LogP contribution in [0.3, 0.4) is 0 Å². The van der Waals surface area contributed by atoms with Crippen LogP contribution in [0.25, 0.3) is 0 Å². The maximum absolute atomic E-state index is 5.65. The predicted octanol–water partition coefficient (Wildman–Crippen LogP) is 0.662. The summed E-state index contributed by atoms with van der Waals surface area (Å²) in [5.41, 5.74) is 5.65. The molecular weight excluding hydrogens is 242 g/mol. The van der Waals surface area contributed by atoms with Crippen LogP contribution in [0.4, 0.5) is 17.8 Å². The highest BCUT2D eigenvalue weighted by Gasteiger charge is 2.06. The highest BCUT2D eigenvalue weighted by Crippen LogP contribution is 2.08. The van der Waals surface area contributed by atoms with E-state index in [1.54, 1.807) is 4.90 Å². The normalized spacial score (nSPS) is 11.1. The summed E-state index contributed by atoms with van der Waals surface area (Å²) in [6, 6.07) is 0.563. The predicted molar refractivity (Wildman–Crippen MR) is 79.4 cm³/mol. The molecule has 0 aromatic carbocycles. The van der Waals surface area contributed by atoms with Crippen LogP contribution in [0, 0.1) is 0 Å². The molecule has 0 aliphatic rings. The second kappa shape index (κ2) is 7.08. The lowest BCUT2D eigenvalue weighted by molar-refractivity contribution is 0.273. The van der Waals surface area contributed by atoms with Crippen molar-refractivity contribution in [3.05, 3.63) is 0 Å². The van der Waals surface area contributed by atoms with Gasteiger partial charge in [0.1, 0.15) is 0 Å². The minimum Gasteiger partial charge on any atom is -0.368 e. The fraction of sp³-hybridized carbons (Fsp3) is 0.750. The lowest BCUT2D eigenvalue weighted by Gasteiger charge is -2.20. The quantitative estimate of drug-likeness (QED) is 0.702. The van der Waals surface area contributed by atoms with Crippen molar-refractivity contribution in [2.75, 3.05) is 50.2 Å². The molecule has 1 aromatic heterocycles. The minimum atomic E-state index is 0.237. The zero-order valence-electron chi connectivity index (χ0n) is 12.5. The Morgan fingerprint density at radius 1 is 1.16 bits per heavy atom. The molecule has 3 N–H and O–H groups in total. The molecule has 1 aromatic rings. The SMILES string of the molecule is CC(C)N(C)CCCNc1nc(N)nc(N(C)C)n1. The van der Waals surface area contributed by atoms with Gasteiger partial charge in [-0.25, -0.2) is 0 Å². The van der Waals surface area contributed by atoms with Crippen molar-refractivity contribution >= 4 is 17.8 Å². The molecule has 0 unspecified atom stereocenters. The van der Waals surface area contributed by atoms with Crippen molar-refractivity contribution < 1.29 is 0 Å². The molecule has 0 spiro atoms. The summed E-state index contributed by atoms with van der Waals surface area (Å²) in [7, 11) is 5.86. The second-order valence-corrected chi connectivity index (χ2v) is 5.07. The Balaban J connectivity index is 2.45. The smallest absolute Gasteiger partial charge is 0.231 e. The average molecular weight is 267 g/mol. The molecule has 0 fully saturated rings. The van der Waals surface area contributed by atoms with Crippen molar-refractivity contribution in [1.82, 2.24) is 19.9 Å². The second-order valence-electron chi connectivity index (χ2n) is 5.07. The van der Waals surface area contributed by atoms with Crippen LogP contribution in [0.15, 0.2) is 0 Å². The Hall–Kier alpha value is -1.63. The van der Waals surface area contributed by atoms with Crippen molar-refractivity contribution in [2.24, 2.45) is 0 Å². The van der Waals surface area contributed by atoms with Crippen LogP contribution in [0.5, 0.6) is 0 Å². The van der Waals surface area contributed by atoms with Gasteiger partial charge in [0, 0.05) is 26.7 Å².